The SMILES string of the molecule is Cc1ccc([N+](=O)[O-])cc1N(CC(=O)NC[C@@H]1CCCO1)S(C)(=O)=O. The van der Waals surface area contributed by atoms with Crippen molar-refractivity contribution in [1.29, 1.82) is 0 Å². The molecule has 10 heteroatoms. The standard InChI is InChI=1S/C15H21N3O6S/c1-11-5-6-12(18(20)21)8-14(11)17(25(2,22)23)10-15(19)16-9-13-4-3-7-24-13/h5-6,8,13H,3-4,7,9-10H2,1-2H3,(H,16,19)/t13-/m0/s1. The van der Waals surface area contributed by atoms with E-state index in [-0.39, 0.29) is 17.5 Å². The van der Waals surface area contributed by atoms with Gasteiger partial charge in [0.1, 0.15) is 6.54 Å². The Morgan fingerprint density at radius 2 is 2.20 bits per heavy atom. The van der Waals surface area contributed by atoms with Gasteiger partial charge in [0.2, 0.25) is 15.9 Å². The number of hydrogen-bond acceptors (Lipinski definition) is 6. The molecule has 1 aromatic rings. The molecule has 0 spiro atoms. The summed E-state index contributed by atoms with van der Waals surface area (Å²) in [7, 11) is -3.80. The lowest BCUT2D eigenvalue weighted by Gasteiger charge is -2.23. The Bertz CT molecular complexity index is 759. The molecule has 0 saturated carbocycles. The predicted octanol–water partition coefficient (Wildman–Crippen LogP) is 0.964. The van der Waals surface area contributed by atoms with Gasteiger partial charge in [0.15, 0.2) is 0 Å². The molecule has 1 aliphatic heterocycles. The fraction of sp³-hybridized carbons (Fsp3) is 0.533. The summed E-state index contributed by atoms with van der Waals surface area (Å²) >= 11 is 0. The highest BCUT2D eigenvalue weighted by atomic mass is 32.2. The van der Waals surface area contributed by atoms with Gasteiger partial charge in [-0.1, -0.05) is 6.07 Å². The number of carbonyl (C=O) groups is 1. The average molecular weight is 371 g/mol. The van der Waals surface area contributed by atoms with Gasteiger partial charge in [-0.2, -0.15) is 0 Å². The van der Waals surface area contributed by atoms with E-state index in [0.29, 0.717) is 18.7 Å². The van der Waals surface area contributed by atoms with Crippen molar-refractivity contribution in [2.75, 3.05) is 30.3 Å². The molecule has 0 aliphatic carbocycles. The van der Waals surface area contributed by atoms with E-state index in [2.05, 4.69) is 5.32 Å². The number of carbonyl (C=O) groups excluding carboxylic acids is 1. The van der Waals surface area contributed by atoms with Crippen LogP contribution in [0.25, 0.3) is 0 Å². The lowest BCUT2D eigenvalue weighted by Crippen LogP contribution is -2.42. The molecule has 1 aliphatic rings. The normalized spacial score (nSPS) is 17.3. The number of hydrogen-bond donors (Lipinski definition) is 1. The molecule has 1 heterocycles. The minimum absolute atomic E-state index is 0.0600. The minimum atomic E-state index is -3.80. The van der Waals surface area contributed by atoms with Crippen molar-refractivity contribution in [3.8, 4) is 0 Å². The third-order valence-electron chi connectivity index (χ3n) is 3.91. The fourth-order valence-corrected chi connectivity index (χ4v) is 3.49. The van der Waals surface area contributed by atoms with Crippen LogP contribution in [-0.4, -0.2) is 51.3 Å². The number of rotatable bonds is 7. The molecule has 25 heavy (non-hydrogen) atoms. The van der Waals surface area contributed by atoms with Gasteiger partial charge in [0, 0.05) is 25.3 Å². The highest BCUT2D eigenvalue weighted by molar-refractivity contribution is 7.92. The van der Waals surface area contributed by atoms with Gasteiger partial charge in [-0.25, -0.2) is 8.42 Å². The monoisotopic (exact) mass is 371 g/mol. The Labute approximate surface area is 146 Å². The van der Waals surface area contributed by atoms with Crippen LogP contribution in [-0.2, 0) is 19.6 Å². The molecule has 0 radical (unpaired) electrons. The highest BCUT2D eigenvalue weighted by Crippen LogP contribution is 2.27. The summed E-state index contributed by atoms with van der Waals surface area (Å²) in [4.78, 5) is 22.5. The zero-order chi connectivity index (χ0) is 18.6. The molecule has 0 bridgehead atoms. The number of nitrogens with zero attached hydrogens (tertiary/aromatic N) is 2. The first-order chi connectivity index (χ1) is 11.7. The molecule has 1 atom stereocenters. The lowest BCUT2D eigenvalue weighted by atomic mass is 10.2. The van der Waals surface area contributed by atoms with Crippen LogP contribution in [0.5, 0.6) is 0 Å². The van der Waals surface area contributed by atoms with Crippen LogP contribution in [0.1, 0.15) is 18.4 Å². The number of anilines is 1. The van der Waals surface area contributed by atoms with E-state index in [1.54, 1.807) is 6.92 Å². The van der Waals surface area contributed by atoms with E-state index in [1.807, 2.05) is 0 Å². The zero-order valence-electron chi connectivity index (χ0n) is 14.1. The topological polar surface area (TPSA) is 119 Å². The van der Waals surface area contributed by atoms with Crippen molar-refractivity contribution >= 4 is 27.3 Å². The summed E-state index contributed by atoms with van der Waals surface area (Å²) in [6.45, 7) is 2.14. The van der Waals surface area contributed by atoms with Gasteiger partial charge in [0.25, 0.3) is 5.69 Å². The van der Waals surface area contributed by atoms with Gasteiger partial charge >= 0.3 is 0 Å². The summed E-state index contributed by atoms with van der Waals surface area (Å²) in [6, 6.07) is 3.90. The largest absolute Gasteiger partial charge is 0.376 e. The summed E-state index contributed by atoms with van der Waals surface area (Å²) in [5, 5.41) is 13.6. The van der Waals surface area contributed by atoms with E-state index in [0.717, 1.165) is 29.5 Å². The Hall–Kier alpha value is -2.20. The molecule has 1 amide bonds. The van der Waals surface area contributed by atoms with Gasteiger partial charge in [-0.3, -0.25) is 19.2 Å². The minimum Gasteiger partial charge on any atom is -0.376 e. The van der Waals surface area contributed by atoms with Crippen LogP contribution in [0.2, 0.25) is 0 Å². The predicted molar refractivity (Wildman–Crippen MR) is 92.0 cm³/mol. The van der Waals surface area contributed by atoms with E-state index < -0.39 is 27.4 Å². The number of nitro benzene ring substituents is 1. The summed E-state index contributed by atoms with van der Waals surface area (Å²) in [5.74, 6) is -0.494. The second kappa shape index (κ2) is 7.79. The number of nitrogens with one attached hydrogen (secondary N) is 1. The second-order valence-corrected chi connectivity index (χ2v) is 7.84. The number of ether oxygens (including phenoxy) is 1. The van der Waals surface area contributed by atoms with Crippen molar-refractivity contribution in [3.05, 3.63) is 33.9 Å². The molecule has 9 nitrogen and oxygen atoms in total. The molecule has 2 rings (SSSR count). The maximum atomic E-state index is 12.2. The van der Waals surface area contributed by atoms with Crippen molar-refractivity contribution < 1.29 is 22.9 Å². The van der Waals surface area contributed by atoms with Crippen LogP contribution in [0.4, 0.5) is 11.4 Å². The molecule has 0 unspecified atom stereocenters. The van der Waals surface area contributed by atoms with Crippen molar-refractivity contribution in [2.45, 2.75) is 25.9 Å². The number of sulfonamides is 1. The first kappa shape index (κ1) is 19.1. The zero-order valence-corrected chi connectivity index (χ0v) is 14.9. The molecular formula is C15H21N3O6S. The van der Waals surface area contributed by atoms with Crippen LogP contribution < -0.4 is 9.62 Å². The van der Waals surface area contributed by atoms with Gasteiger partial charge in [-0.05, 0) is 25.3 Å². The lowest BCUT2D eigenvalue weighted by molar-refractivity contribution is -0.384. The van der Waals surface area contributed by atoms with E-state index in [9.17, 15) is 23.3 Å². The Morgan fingerprint density at radius 1 is 1.48 bits per heavy atom. The molecule has 1 N–H and O–H groups in total. The number of non-ortho nitro benzene ring substituents is 1. The summed E-state index contributed by atoms with van der Waals surface area (Å²) < 4.78 is 30.5. The number of benzene rings is 1. The Balaban J connectivity index is 2.18. The Kier molecular flexibility index (Phi) is 5.96. The maximum absolute atomic E-state index is 12.2. The molecule has 1 aromatic carbocycles. The third-order valence-corrected chi connectivity index (χ3v) is 5.04. The van der Waals surface area contributed by atoms with E-state index in [4.69, 9.17) is 4.74 Å². The van der Waals surface area contributed by atoms with Crippen molar-refractivity contribution in [1.82, 2.24) is 5.32 Å². The summed E-state index contributed by atoms with van der Waals surface area (Å²) in [5.41, 5.74) is 0.390. The molecule has 0 aromatic heterocycles. The van der Waals surface area contributed by atoms with Crippen molar-refractivity contribution in [2.24, 2.45) is 0 Å². The average Bonchev–Trinajstić information content (AvgIpc) is 3.03. The van der Waals surface area contributed by atoms with E-state index in [1.165, 1.54) is 12.1 Å². The first-order valence-electron chi connectivity index (χ1n) is 7.79. The fourth-order valence-electron chi connectivity index (χ4n) is 2.58. The van der Waals surface area contributed by atoms with Crippen LogP contribution >= 0.6 is 0 Å². The Morgan fingerprint density at radius 3 is 2.76 bits per heavy atom. The second-order valence-electron chi connectivity index (χ2n) is 5.94. The van der Waals surface area contributed by atoms with Crippen LogP contribution in [0.15, 0.2) is 18.2 Å². The van der Waals surface area contributed by atoms with E-state index >= 15 is 0 Å². The van der Waals surface area contributed by atoms with Crippen LogP contribution in [0, 0.1) is 17.0 Å². The van der Waals surface area contributed by atoms with Crippen LogP contribution in [0.3, 0.4) is 0 Å². The first-order valence-corrected chi connectivity index (χ1v) is 9.64. The molecule has 138 valence electrons. The molecule has 1 saturated heterocycles. The maximum Gasteiger partial charge on any atom is 0.271 e. The smallest absolute Gasteiger partial charge is 0.271 e. The number of aryl methyl sites for hydroxylation is 1. The molecule has 1 fully saturated rings. The molecular weight excluding hydrogens is 350 g/mol. The highest BCUT2D eigenvalue weighted by Gasteiger charge is 2.25. The number of nitro groups is 1. The van der Waals surface area contributed by atoms with Gasteiger partial charge in [-0.15, -0.1) is 0 Å². The quantitative estimate of drug-likeness (QED) is 0.563. The number of amides is 1. The third kappa shape index (κ3) is 5.13. The van der Waals surface area contributed by atoms with Crippen molar-refractivity contribution in [3.63, 3.8) is 0 Å². The summed E-state index contributed by atoms with van der Waals surface area (Å²) in [6.07, 6.45) is 2.68. The van der Waals surface area contributed by atoms with Gasteiger partial charge < -0.3 is 10.1 Å². The van der Waals surface area contributed by atoms with Gasteiger partial charge in [0.05, 0.1) is 23.0 Å².